The Balaban J connectivity index is 1.91. The van der Waals surface area contributed by atoms with Gasteiger partial charge in [0.25, 0.3) is 0 Å². The monoisotopic (exact) mass is 499 g/mol. The average Bonchev–Trinajstić information content (AvgIpc) is 2.74. The summed E-state index contributed by atoms with van der Waals surface area (Å²) in [6.07, 6.45) is -0.0339. The minimum absolute atomic E-state index is 0.0137. The number of rotatable bonds is 16. The summed E-state index contributed by atoms with van der Waals surface area (Å²) in [7, 11) is 0. The Morgan fingerprint density at radius 1 is 0.727 bits per heavy atom. The number of nitrogens with two attached hydrogens (primary N) is 2. The summed E-state index contributed by atoms with van der Waals surface area (Å²) in [5, 5.41) is 27.2. The van der Waals surface area contributed by atoms with Gasteiger partial charge in [0.05, 0.1) is 12.8 Å². The van der Waals surface area contributed by atoms with Gasteiger partial charge in [-0.15, -0.1) is 0 Å². The van der Waals surface area contributed by atoms with Crippen molar-refractivity contribution in [3.05, 3.63) is 0 Å². The summed E-state index contributed by atoms with van der Waals surface area (Å²) >= 11 is 2.38. The van der Waals surface area contributed by atoms with Gasteiger partial charge in [0.1, 0.15) is 0 Å². The number of carboxylic acid groups (broad SMARTS) is 2. The van der Waals surface area contributed by atoms with Crippen LogP contribution in [0.5, 0.6) is 0 Å². The van der Waals surface area contributed by atoms with Crippen LogP contribution < -0.4 is 27.4 Å². The molecule has 0 aliphatic heterocycles. The molecule has 0 aliphatic rings. The number of anilines is 4. The smallest absolute Gasteiger partial charge is 0.304 e. The van der Waals surface area contributed by atoms with Crippen LogP contribution in [0.25, 0.3) is 0 Å². The fraction of sp³-hybridized carbons (Fsp3) is 0.500. The van der Waals surface area contributed by atoms with Crippen molar-refractivity contribution in [3.8, 4) is 0 Å². The van der Waals surface area contributed by atoms with Crippen LogP contribution in [-0.2, 0) is 9.59 Å². The minimum Gasteiger partial charge on any atom is -0.481 e. The first-order valence-electron chi connectivity index (χ1n) is 9.74. The topological polar surface area (TPSA) is 240 Å². The van der Waals surface area contributed by atoms with Crippen LogP contribution in [0.4, 0.5) is 23.8 Å². The maximum Gasteiger partial charge on any atom is 0.304 e. The Morgan fingerprint density at radius 3 is 1.67 bits per heavy atom. The predicted molar refractivity (Wildman–Crippen MR) is 125 cm³/mol. The molecule has 0 atom stereocenters. The van der Waals surface area contributed by atoms with Crippen molar-refractivity contribution in [1.29, 1.82) is 0 Å². The van der Waals surface area contributed by atoms with Gasteiger partial charge in [-0.2, -0.15) is 29.9 Å². The second-order valence-corrected chi connectivity index (χ2v) is 8.24. The highest BCUT2D eigenvalue weighted by molar-refractivity contribution is 7.99. The Morgan fingerprint density at radius 2 is 1.18 bits per heavy atom. The fourth-order valence-electron chi connectivity index (χ4n) is 2.09. The fourth-order valence-corrected chi connectivity index (χ4v) is 3.62. The number of hydrogen-bond donors (Lipinski definition) is 7. The third-order valence-electron chi connectivity index (χ3n) is 3.46. The number of nitrogen functional groups attached to an aromatic ring is 1. The van der Waals surface area contributed by atoms with Crippen LogP contribution in [0.3, 0.4) is 0 Å². The molecule has 17 heteroatoms. The van der Waals surface area contributed by atoms with E-state index in [0.29, 0.717) is 59.9 Å². The third-order valence-corrected chi connectivity index (χ3v) is 5.16. The molecular weight excluding hydrogens is 474 g/mol. The molecule has 0 aliphatic carbocycles. The van der Waals surface area contributed by atoms with Gasteiger partial charge >= 0.3 is 11.9 Å². The molecule has 0 bridgehead atoms. The molecule has 0 fully saturated rings. The van der Waals surface area contributed by atoms with E-state index in [2.05, 4.69) is 45.9 Å². The molecule has 33 heavy (non-hydrogen) atoms. The molecule has 0 spiro atoms. The van der Waals surface area contributed by atoms with E-state index in [0.717, 1.165) is 0 Å². The normalized spacial score (nSPS) is 10.6. The van der Waals surface area contributed by atoms with Gasteiger partial charge in [-0.1, -0.05) is 23.5 Å². The van der Waals surface area contributed by atoms with E-state index < -0.39 is 11.9 Å². The van der Waals surface area contributed by atoms with Crippen molar-refractivity contribution in [2.45, 2.75) is 23.2 Å². The maximum absolute atomic E-state index is 10.7. The largest absolute Gasteiger partial charge is 0.481 e. The summed E-state index contributed by atoms with van der Waals surface area (Å²) in [5.74, 6) is -0.248. The average molecular weight is 500 g/mol. The van der Waals surface area contributed by atoms with E-state index in [1.54, 1.807) is 0 Å². The molecule has 0 aromatic carbocycles. The molecule has 180 valence electrons. The predicted octanol–water partition coefficient (Wildman–Crippen LogP) is -0.333. The lowest BCUT2D eigenvalue weighted by Gasteiger charge is -2.10. The number of carboxylic acids is 2. The van der Waals surface area contributed by atoms with Crippen molar-refractivity contribution < 1.29 is 19.8 Å². The molecule has 2 heterocycles. The van der Waals surface area contributed by atoms with Crippen LogP contribution in [0, 0.1) is 0 Å². The Labute approximate surface area is 197 Å². The Hall–Kier alpha value is -3.18. The molecule has 0 amide bonds. The van der Waals surface area contributed by atoms with Gasteiger partial charge in [-0.3, -0.25) is 9.59 Å². The number of hydrogen-bond acceptors (Lipinski definition) is 15. The quantitative estimate of drug-likeness (QED) is 0.115. The third kappa shape index (κ3) is 10.8. The molecule has 2 aromatic rings. The van der Waals surface area contributed by atoms with Crippen molar-refractivity contribution in [2.24, 2.45) is 5.73 Å². The van der Waals surface area contributed by atoms with Crippen LogP contribution >= 0.6 is 23.5 Å². The van der Waals surface area contributed by atoms with E-state index in [-0.39, 0.29) is 24.7 Å². The molecular formula is C16H25N11O4S2. The van der Waals surface area contributed by atoms with Crippen LogP contribution in [-0.4, -0.2) is 89.7 Å². The van der Waals surface area contributed by atoms with Gasteiger partial charge < -0.3 is 37.6 Å². The molecule has 9 N–H and O–H groups in total. The van der Waals surface area contributed by atoms with Gasteiger partial charge in [-0.05, 0) is 0 Å². The van der Waals surface area contributed by atoms with Crippen LogP contribution in [0.2, 0.25) is 0 Å². The van der Waals surface area contributed by atoms with E-state index in [9.17, 15) is 9.59 Å². The number of nitrogens with zero attached hydrogens (tertiary/aromatic N) is 6. The molecule has 2 aromatic heterocycles. The molecule has 2 rings (SSSR count). The number of thioether (sulfide) groups is 2. The van der Waals surface area contributed by atoms with Crippen LogP contribution in [0.15, 0.2) is 10.3 Å². The van der Waals surface area contributed by atoms with E-state index in [1.807, 2.05) is 0 Å². The number of aromatic nitrogens is 6. The standard InChI is InChI=1S/C16H25N11O4S2/c17-3-4-19-13-24-14(27-16(26-13)33-8-2-10(30)31)21-6-5-20-12-22-11(18)23-15(25-12)32-7-1-9(28)29/h1-8,17H2,(H,28,29)(H,30,31)(H3,18,20,22,23,25)(H2,19,21,24,26,27). The SMILES string of the molecule is NCCNc1nc(NCCNc2nc(N)nc(SCCC(=O)O)n2)nc(SCCC(=O)O)n1. The van der Waals surface area contributed by atoms with E-state index in [4.69, 9.17) is 21.7 Å². The minimum atomic E-state index is -0.905. The Kier molecular flexibility index (Phi) is 11.1. The molecule has 0 radical (unpaired) electrons. The first-order valence-corrected chi connectivity index (χ1v) is 11.7. The maximum atomic E-state index is 10.7. The van der Waals surface area contributed by atoms with Crippen LogP contribution in [0.1, 0.15) is 12.8 Å². The molecule has 0 saturated heterocycles. The zero-order chi connectivity index (χ0) is 24.1. The van der Waals surface area contributed by atoms with Crippen molar-refractivity contribution in [2.75, 3.05) is 59.4 Å². The van der Waals surface area contributed by atoms with Gasteiger partial charge in [0.2, 0.25) is 23.8 Å². The van der Waals surface area contributed by atoms with E-state index >= 15 is 0 Å². The van der Waals surface area contributed by atoms with Gasteiger partial charge in [0, 0.05) is 37.7 Å². The van der Waals surface area contributed by atoms with Crippen molar-refractivity contribution >= 4 is 59.3 Å². The lowest BCUT2D eigenvalue weighted by atomic mass is 10.5. The molecule has 0 unspecified atom stereocenters. The second-order valence-electron chi connectivity index (χ2n) is 6.12. The summed E-state index contributed by atoms with van der Waals surface area (Å²) in [6, 6.07) is 0. The summed E-state index contributed by atoms with van der Waals surface area (Å²) in [4.78, 5) is 46.3. The number of carbonyl (C=O) groups is 2. The number of nitrogens with one attached hydrogen (secondary N) is 3. The Bertz CT molecular complexity index is 937. The van der Waals surface area contributed by atoms with E-state index in [1.165, 1.54) is 23.5 Å². The van der Waals surface area contributed by atoms with Crippen molar-refractivity contribution in [3.63, 3.8) is 0 Å². The van der Waals surface area contributed by atoms with Gasteiger partial charge in [0.15, 0.2) is 10.3 Å². The zero-order valence-corrected chi connectivity index (χ0v) is 19.2. The van der Waals surface area contributed by atoms with Crippen molar-refractivity contribution in [1.82, 2.24) is 29.9 Å². The first kappa shape index (κ1) is 26.1. The summed E-state index contributed by atoms with van der Waals surface area (Å²) in [5.41, 5.74) is 11.2. The molecule has 15 nitrogen and oxygen atoms in total. The second kappa shape index (κ2) is 14.1. The van der Waals surface area contributed by atoms with Gasteiger partial charge in [-0.25, -0.2) is 0 Å². The zero-order valence-electron chi connectivity index (χ0n) is 17.5. The number of aliphatic carboxylic acids is 2. The highest BCUT2D eigenvalue weighted by Crippen LogP contribution is 2.18. The lowest BCUT2D eigenvalue weighted by Crippen LogP contribution is -2.19. The highest BCUT2D eigenvalue weighted by Gasteiger charge is 2.09. The summed E-state index contributed by atoms with van der Waals surface area (Å²) in [6.45, 7) is 1.65. The first-order chi connectivity index (χ1) is 15.9. The lowest BCUT2D eigenvalue weighted by molar-refractivity contribution is -0.137. The highest BCUT2D eigenvalue weighted by atomic mass is 32.2. The molecule has 0 saturated carbocycles. The summed E-state index contributed by atoms with van der Waals surface area (Å²) < 4.78 is 0.